The average Bonchev–Trinajstić information content (AvgIpc) is 2.83. The Labute approximate surface area is 129 Å². The van der Waals surface area contributed by atoms with Crippen LogP contribution < -0.4 is 11.1 Å². The van der Waals surface area contributed by atoms with E-state index in [9.17, 15) is 9.59 Å². The predicted molar refractivity (Wildman–Crippen MR) is 80.2 cm³/mol. The smallest absolute Gasteiger partial charge is 0.270 e. The van der Waals surface area contributed by atoms with Crippen LogP contribution in [-0.4, -0.2) is 47.4 Å². The molecule has 2 amide bonds. The summed E-state index contributed by atoms with van der Waals surface area (Å²) in [6.45, 7) is 1.22. The zero-order valence-corrected chi connectivity index (χ0v) is 12.5. The number of pyridine rings is 1. The number of aromatic nitrogens is 1. The van der Waals surface area contributed by atoms with Crippen molar-refractivity contribution in [2.75, 3.05) is 19.6 Å². The number of likely N-dealkylation sites (tertiary alicyclic amines) is 1. The van der Waals surface area contributed by atoms with E-state index in [0.717, 1.165) is 6.42 Å². The number of amides is 2. The number of nitrogens with two attached hydrogens (primary N) is 1. The van der Waals surface area contributed by atoms with Crippen LogP contribution in [0.3, 0.4) is 0 Å². The Kier molecular flexibility index (Phi) is 8.13. The van der Waals surface area contributed by atoms with Crippen molar-refractivity contribution < 1.29 is 9.59 Å². The Balaban J connectivity index is 0.00000180. The minimum atomic E-state index is -0.340. The summed E-state index contributed by atoms with van der Waals surface area (Å²) in [4.78, 5) is 29.0. The summed E-state index contributed by atoms with van der Waals surface area (Å²) in [7, 11) is 0. The molecule has 1 fully saturated rings. The van der Waals surface area contributed by atoms with Gasteiger partial charge >= 0.3 is 0 Å². The highest BCUT2D eigenvalue weighted by Gasteiger charge is 2.23. The monoisotopic (exact) mass is 320 g/mol. The maximum Gasteiger partial charge on any atom is 0.270 e. The molecule has 1 aliphatic rings. The van der Waals surface area contributed by atoms with Gasteiger partial charge in [0, 0.05) is 25.3 Å². The summed E-state index contributed by atoms with van der Waals surface area (Å²) in [5.74, 6) is -0.445. The summed E-state index contributed by atoms with van der Waals surface area (Å²) in [6.07, 6.45) is 2.36. The third kappa shape index (κ3) is 4.96. The lowest BCUT2D eigenvalue weighted by atomic mass is 10.3. The predicted octanol–water partition coefficient (Wildman–Crippen LogP) is 0.215. The Bertz CT molecular complexity index is 444. The molecule has 8 heteroatoms. The normalized spacial score (nSPS) is 16.9. The molecule has 1 atom stereocenters. The van der Waals surface area contributed by atoms with E-state index < -0.39 is 0 Å². The van der Waals surface area contributed by atoms with Crippen LogP contribution in [0.1, 0.15) is 16.9 Å². The zero-order valence-electron chi connectivity index (χ0n) is 10.8. The second-order valence-electron chi connectivity index (χ2n) is 4.29. The van der Waals surface area contributed by atoms with Crippen LogP contribution in [-0.2, 0) is 4.79 Å². The van der Waals surface area contributed by atoms with E-state index in [0.29, 0.717) is 18.8 Å². The first-order chi connectivity index (χ1) is 8.66. The molecule has 0 saturated carbocycles. The Morgan fingerprint density at radius 3 is 2.70 bits per heavy atom. The largest absolute Gasteiger partial charge is 0.342 e. The number of nitrogens with one attached hydrogen (secondary N) is 1. The van der Waals surface area contributed by atoms with Gasteiger partial charge in [-0.15, -0.1) is 24.8 Å². The Hall–Kier alpha value is -1.37. The van der Waals surface area contributed by atoms with E-state index >= 15 is 0 Å². The fourth-order valence-electron chi connectivity index (χ4n) is 1.87. The van der Waals surface area contributed by atoms with Gasteiger partial charge in [-0.2, -0.15) is 0 Å². The topological polar surface area (TPSA) is 88.3 Å². The number of nitrogens with zero attached hydrogens (tertiary/aromatic N) is 2. The highest BCUT2D eigenvalue weighted by molar-refractivity contribution is 5.94. The maximum atomic E-state index is 11.8. The molecule has 1 aromatic rings. The molecule has 0 aliphatic carbocycles. The van der Waals surface area contributed by atoms with Crippen LogP contribution in [0.4, 0.5) is 0 Å². The van der Waals surface area contributed by atoms with Crippen molar-refractivity contribution in [1.29, 1.82) is 0 Å². The Morgan fingerprint density at radius 1 is 1.40 bits per heavy atom. The molecule has 0 bridgehead atoms. The zero-order chi connectivity index (χ0) is 13.0. The van der Waals surface area contributed by atoms with Gasteiger partial charge in [0.2, 0.25) is 5.91 Å². The van der Waals surface area contributed by atoms with Gasteiger partial charge in [0.1, 0.15) is 5.69 Å². The summed E-state index contributed by atoms with van der Waals surface area (Å²) in [6, 6.07) is 5.11. The van der Waals surface area contributed by atoms with Crippen molar-refractivity contribution in [2.45, 2.75) is 12.5 Å². The third-order valence-electron chi connectivity index (χ3n) is 2.88. The van der Waals surface area contributed by atoms with E-state index in [1.165, 1.54) is 6.20 Å². The second-order valence-corrected chi connectivity index (χ2v) is 4.29. The quantitative estimate of drug-likeness (QED) is 0.833. The van der Waals surface area contributed by atoms with E-state index in [-0.39, 0.29) is 49.2 Å². The van der Waals surface area contributed by atoms with E-state index in [1.54, 1.807) is 23.1 Å². The molecule has 0 aromatic carbocycles. The molecule has 2 heterocycles. The molecular formula is C12H18Cl2N4O2. The van der Waals surface area contributed by atoms with Crippen molar-refractivity contribution in [2.24, 2.45) is 5.73 Å². The second kappa shape index (κ2) is 8.73. The molecule has 0 spiro atoms. The number of rotatable bonds is 3. The summed E-state index contributed by atoms with van der Waals surface area (Å²) >= 11 is 0. The van der Waals surface area contributed by atoms with Crippen LogP contribution in [0, 0.1) is 0 Å². The molecule has 0 radical (unpaired) electrons. The molecular weight excluding hydrogens is 303 g/mol. The molecule has 1 aromatic heterocycles. The number of carbonyl (C=O) groups excluding carboxylic acids is 2. The summed E-state index contributed by atoms with van der Waals surface area (Å²) < 4.78 is 0. The van der Waals surface area contributed by atoms with Crippen LogP contribution in [0.15, 0.2) is 24.4 Å². The van der Waals surface area contributed by atoms with E-state index in [4.69, 9.17) is 5.73 Å². The number of carbonyl (C=O) groups is 2. The van der Waals surface area contributed by atoms with Crippen molar-refractivity contribution in [1.82, 2.24) is 15.2 Å². The van der Waals surface area contributed by atoms with Crippen molar-refractivity contribution >= 4 is 36.6 Å². The van der Waals surface area contributed by atoms with Crippen LogP contribution in [0.2, 0.25) is 0 Å². The SMILES string of the molecule is Cl.Cl.N[C@@H]1CCN(C(=O)CNC(=O)c2ccccn2)C1. The van der Waals surface area contributed by atoms with E-state index in [1.807, 2.05) is 0 Å². The fourth-order valence-corrected chi connectivity index (χ4v) is 1.87. The van der Waals surface area contributed by atoms with Gasteiger partial charge in [0.05, 0.1) is 6.54 Å². The minimum absolute atomic E-state index is 0. The molecule has 1 aliphatic heterocycles. The van der Waals surface area contributed by atoms with Gasteiger partial charge in [0.15, 0.2) is 0 Å². The highest BCUT2D eigenvalue weighted by atomic mass is 35.5. The van der Waals surface area contributed by atoms with Gasteiger partial charge < -0.3 is 16.0 Å². The van der Waals surface area contributed by atoms with Gasteiger partial charge in [-0.3, -0.25) is 14.6 Å². The van der Waals surface area contributed by atoms with Gasteiger partial charge in [0.25, 0.3) is 5.91 Å². The molecule has 112 valence electrons. The van der Waals surface area contributed by atoms with Crippen molar-refractivity contribution in [3.05, 3.63) is 30.1 Å². The number of halogens is 2. The molecule has 1 saturated heterocycles. The molecule has 2 rings (SSSR count). The maximum absolute atomic E-state index is 11.8. The summed E-state index contributed by atoms with van der Waals surface area (Å²) in [5, 5.41) is 2.56. The van der Waals surface area contributed by atoms with Gasteiger partial charge in [-0.1, -0.05) is 6.07 Å². The van der Waals surface area contributed by atoms with Gasteiger partial charge in [-0.25, -0.2) is 0 Å². The lowest BCUT2D eigenvalue weighted by Crippen LogP contribution is -2.40. The average molecular weight is 321 g/mol. The third-order valence-corrected chi connectivity index (χ3v) is 2.88. The molecule has 20 heavy (non-hydrogen) atoms. The first kappa shape index (κ1) is 18.6. The van der Waals surface area contributed by atoms with E-state index in [2.05, 4.69) is 10.3 Å². The van der Waals surface area contributed by atoms with Crippen LogP contribution in [0.25, 0.3) is 0 Å². The minimum Gasteiger partial charge on any atom is -0.342 e. The highest BCUT2D eigenvalue weighted by Crippen LogP contribution is 2.06. The number of hydrogen-bond acceptors (Lipinski definition) is 4. The lowest BCUT2D eigenvalue weighted by molar-refractivity contribution is -0.129. The summed E-state index contributed by atoms with van der Waals surface area (Å²) in [5.41, 5.74) is 6.03. The molecule has 3 N–H and O–H groups in total. The lowest BCUT2D eigenvalue weighted by Gasteiger charge is -2.15. The first-order valence-electron chi connectivity index (χ1n) is 5.89. The van der Waals surface area contributed by atoms with Crippen molar-refractivity contribution in [3.63, 3.8) is 0 Å². The number of hydrogen-bond donors (Lipinski definition) is 2. The van der Waals surface area contributed by atoms with Crippen LogP contribution >= 0.6 is 24.8 Å². The fraction of sp³-hybridized carbons (Fsp3) is 0.417. The Morgan fingerprint density at radius 2 is 2.15 bits per heavy atom. The van der Waals surface area contributed by atoms with Crippen molar-refractivity contribution in [3.8, 4) is 0 Å². The van der Waals surface area contributed by atoms with Crippen LogP contribution in [0.5, 0.6) is 0 Å². The first-order valence-corrected chi connectivity index (χ1v) is 5.89. The van der Waals surface area contributed by atoms with Gasteiger partial charge in [-0.05, 0) is 18.6 Å². The molecule has 6 nitrogen and oxygen atoms in total. The molecule has 0 unspecified atom stereocenters. The standard InChI is InChI=1S/C12H16N4O2.2ClH/c13-9-4-6-16(8-9)11(17)7-15-12(18)10-3-1-2-5-14-10;;/h1-3,5,9H,4,6-8,13H2,(H,15,18);2*1H/t9-;;/m1../s1.